The lowest BCUT2D eigenvalue weighted by Crippen LogP contribution is -2.42. The van der Waals surface area contributed by atoms with Crippen LogP contribution in [0.5, 0.6) is 0 Å². The molecular weight excluding hydrogens is 463 g/mol. The number of guanidine groups is 1. The van der Waals surface area contributed by atoms with E-state index in [4.69, 9.17) is 11.6 Å². The molecule has 1 aliphatic carbocycles. The average molecular weight is 493 g/mol. The highest BCUT2D eigenvalue weighted by atomic mass is 127. The molecular formula is C19H30ClIN4O. The van der Waals surface area contributed by atoms with Gasteiger partial charge in [-0.1, -0.05) is 36.6 Å². The van der Waals surface area contributed by atoms with Crippen LogP contribution in [0.3, 0.4) is 0 Å². The van der Waals surface area contributed by atoms with Crippen LogP contribution in [0, 0.1) is 5.92 Å². The zero-order valence-electron chi connectivity index (χ0n) is 15.4. The number of amides is 1. The summed E-state index contributed by atoms with van der Waals surface area (Å²) in [6.45, 7) is 2.07. The molecule has 7 heteroatoms. The van der Waals surface area contributed by atoms with Crippen molar-refractivity contribution in [2.24, 2.45) is 10.9 Å². The van der Waals surface area contributed by atoms with E-state index in [1.54, 1.807) is 7.05 Å². The fourth-order valence-corrected chi connectivity index (χ4v) is 3.25. The first-order valence-corrected chi connectivity index (χ1v) is 9.51. The van der Waals surface area contributed by atoms with Crippen LogP contribution in [0.1, 0.15) is 37.7 Å². The monoisotopic (exact) mass is 492 g/mol. The van der Waals surface area contributed by atoms with Gasteiger partial charge in [-0.3, -0.25) is 9.79 Å². The van der Waals surface area contributed by atoms with Crippen LogP contribution in [0.4, 0.5) is 0 Å². The van der Waals surface area contributed by atoms with Gasteiger partial charge >= 0.3 is 0 Å². The minimum absolute atomic E-state index is 0. The number of aliphatic imine (C=N–C) groups is 1. The standard InChI is InChI=1S/C19H29ClN4O.HI/c1-21-19(23-11-10-15-6-8-17(20)9-7-15)24-13-12-22-18(25)14-16-4-2-3-5-16;/h6-9,16H,2-5,10-14H2,1H3,(H,22,25)(H2,21,23,24);1H. The molecule has 0 bridgehead atoms. The first-order valence-electron chi connectivity index (χ1n) is 9.13. The van der Waals surface area contributed by atoms with Crippen LogP contribution in [0.15, 0.2) is 29.3 Å². The second kappa shape index (κ2) is 13.2. The normalized spacial score (nSPS) is 14.6. The predicted octanol–water partition coefficient (Wildman–Crippen LogP) is 3.36. The summed E-state index contributed by atoms with van der Waals surface area (Å²) in [5, 5.41) is 10.2. The van der Waals surface area contributed by atoms with Gasteiger partial charge in [0.2, 0.25) is 5.91 Å². The topological polar surface area (TPSA) is 65.5 Å². The van der Waals surface area contributed by atoms with Crippen molar-refractivity contribution < 1.29 is 4.79 Å². The number of nitrogens with one attached hydrogen (secondary N) is 3. The molecule has 0 saturated heterocycles. The summed E-state index contributed by atoms with van der Waals surface area (Å²) in [5.41, 5.74) is 1.23. The lowest BCUT2D eigenvalue weighted by molar-refractivity contribution is -0.121. The van der Waals surface area contributed by atoms with E-state index in [2.05, 4.69) is 20.9 Å². The summed E-state index contributed by atoms with van der Waals surface area (Å²) < 4.78 is 0. The van der Waals surface area contributed by atoms with Crippen LogP contribution in [-0.4, -0.2) is 38.5 Å². The van der Waals surface area contributed by atoms with Gasteiger partial charge in [0.05, 0.1) is 0 Å². The number of carbonyl (C=O) groups excluding carboxylic acids is 1. The Hall–Kier alpha value is -1.02. The molecule has 0 aromatic heterocycles. The number of carbonyl (C=O) groups is 1. The highest BCUT2D eigenvalue weighted by Gasteiger charge is 2.17. The number of hydrogen-bond acceptors (Lipinski definition) is 2. The molecule has 1 saturated carbocycles. The maximum Gasteiger partial charge on any atom is 0.220 e. The van der Waals surface area contributed by atoms with Crippen LogP contribution in [0.25, 0.3) is 0 Å². The van der Waals surface area contributed by atoms with Gasteiger partial charge in [-0.25, -0.2) is 0 Å². The maximum absolute atomic E-state index is 11.9. The molecule has 0 heterocycles. The highest BCUT2D eigenvalue weighted by Crippen LogP contribution is 2.27. The largest absolute Gasteiger partial charge is 0.356 e. The molecule has 0 aliphatic heterocycles. The van der Waals surface area contributed by atoms with Crippen molar-refractivity contribution in [2.75, 3.05) is 26.7 Å². The Kier molecular flexibility index (Phi) is 11.7. The van der Waals surface area contributed by atoms with Gasteiger partial charge in [0, 0.05) is 38.1 Å². The Balaban J connectivity index is 0.00000338. The first kappa shape index (κ1) is 23.0. The Morgan fingerprint density at radius 1 is 1.08 bits per heavy atom. The van der Waals surface area contributed by atoms with Gasteiger partial charge in [-0.15, -0.1) is 24.0 Å². The second-order valence-corrected chi connectivity index (χ2v) is 6.94. The molecule has 2 rings (SSSR count). The average Bonchev–Trinajstić information content (AvgIpc) is 3.11. The van der Waals surface area contributed by atoms with Crippen molar-refractivity contribution in [3.8, 4) is 0 Å². The Morgan fingerprint density at radius 3 is 2.35 bits per heavy atom. The van der Waals surface area contributed by atoms with Crippen molar-refractivity contribution in [3.63, 3.8) is 0 Å². The molecule has 0 spiro atoms. The third-order valence-electron chi connectivity index (χ3n) is 4.53. The number of halogens is 2. The molecule has 1 aromatic rings. The van der Waals surface area contributed by atoms with E-state index in [9.17, 15) is 4.79 Å². The number of rotatable bonds is 8. The van der Waals surface area contributed by atoms with Gasteiger partial charge in [-0.05, 0) is 42.9 Å². The fraction of sp³-hybridized carbons (Fsp3) is 0.579. The summed E-state index contributed by atoms with van der Waals surface area (Å²) in [5.74, 6) is 1.51. The van der Waals surface area contributed by atoms with E-state index in [-0.39, 0.29) is 29.9 Å². The van der Waals surface area contributed by atoms with Crippen LogP contribution < -0.4 is 16.0 Å². The smallest absolute Gasteiger partial charge is 0.220 e. The zero-order chi connectivity index (χ0) is 17.9. The van der Waals surface area contributed by atoms with Crippen molar-refractivity contribution in [1.82, 2.24) is 16.0 Å². The Morgan fingerprint density at radius 2 is 1.69 bits per heavy atom. The van der Waals surface area contributed by atoms with Crippen LogP contribution in [-0.2, 0) is 11.2 Å². The zero-order valence-corrected chi connectivity index (χ0v) is 18.5. The van der Waals surface area contributed by atoms with Gasteiger partial charge < -0.3 is 16.0 Å². The van der Waals surface area contributed by atoms with Crippen molar-refractivity contribution in [1.29, 1.82) is 0 Å². The van der Waals surface area contributed by atoms with E-state index >= 15 is 0 Å². The Labute approximate surface area is 178 Å². The van der Waals surface area contributed by atoms with Gasteiger partial charge in [0.15, 0.2) is 5.96 Å². The maximum atomic E-state index is 11.9. The minimum atomic E-state index is 0. The fourth-order valence-electron chi connectivity index (χ4n) is 3.13. The second-order valence-electron chi connectivity index (χ2n) is 6.51. The molecule has 1 aliphatic rings. The summed E-state index contributed by atoms with van der Waals surface area (Å²) >= 11 is 5.88. The highest BCUT2D eigenvalue weighted by molar-refractivity contribution is 14.0. The molecule has 1 fully saturated rings. The van der Waals surface area contributed by atoms with Crippen molar-refractivity contribution in [3.05, 3.63) is 34.9 Å². The predicted molar refractivity (Wildman–Crippen MR) is 120 cm³/mol. The molecule has 1 amide bonds. The molecule has 146 valence electrons. The lowest BCUT2D eigenvalue weighted by Gasteiger charge is -2.13. The van der Waals surface area contributed by atoms with Gasteiger partial charge in [0.25, 0.3) is 0 Å². The molecule has 3 N–H and O–H groups in total. The summed E-state index contributed by atoms with van der Waals surface area (Å²) in [4.78, 5) is 16.1. The first-order chi connectivity index (χ1) is 12.2. The quantitative estimate of drug-likeness (QED) is 0.226. The van der Waals surface area contributed by atoms with E-state index in [0.29, 0.717) is 25.4 Å². The number of benzene rings is 1. The molecule has 0 unspecified atom stereocenters. The third-order valence-corrected chi connectivity index (χ3v) is 4.78. The van der Waals surface area contributed by atoms with Gasteiger partial charge in [-0.2, -0.15) is 0 Å². The number of hydrogen-bond donors (Lipinski definition) is 3. The van der Waals surface area contributed by atoms with E-state index in [1.807, 2.05) is 24.3 Å². The molecule has 0 atom stereocenters. The van der Waals surface area contributed by atoms with Crippen molar-refractivity contribution >= 4 is 47.4 Å². The molecule has 0 radical (unpaired) electrons. The van der Waals surface area contributed by atoms with E-state index in [0.717, 1.165) is 23.9 Å². The van der Waals surface area contributed by atoms with Crippen molar-refractivity contribution in [2.45, 2.75) is 38.5 Å². The van der Waals surface area contributed by atoms with E-state index < -0.39 is 0 Å². The van der Waals surface area contributed by atoms with Gasteiger partial charge in [0.1, 0.15) is 0 Å². The molecule has 26 heavy (non-hydrogen) atoms. The molecule has 5 nitrogen and oxygen atoms in total. The lowest BCUT2D eigenvalue weighted by atomic mass is 10.0. The number of nitrogens with zero attached hydrogens (tertiary/aromatic N) is 1. The minimum Gasteiger partial charge on any atom is -0.356 e. The Bertz CT molecular complexity index is 559. The summed E-state index contributed by atoms with van der Waals surface area (Å²) in [6.07, 6.45) is 6.53. The van der Waals surface area contributed by atoms with Crippen LogP contribution in [0.2, 0.25) is 5.02 Å². The molecule has 1 aromatic carbocycles. The van der Waals surface area contributed by atoms with E-state index in [1.165, 1.54) is 31.2 Å². The summed E-state index contributed by atoms with van der Waals surface area (Å²) in [6, 6.07) is 7.86. The van der Waals surface area contributed by atoms with Crippen LogP contribution >= 0.6 is 35.6 Å². The summed E-state index contributed by atoms with van der Waals surface area (Å²) in [7, 11) is 1.75. The SMILES string of the molecule is CN=C(NCCNC(=O)CC1CCCC1)NCCc1ccc(Cl)cc1.I. The third kappa shape index (κ3) is 9.07.